The maximum absolute atomic E-state index is 13.2. The molecule has 1 aliphatic heterocycles. The number of carbonyl (C=O) groups is 1. The molecule has 1 aromatic carbocycles. The second-order valence-corrected chi connectivity index (χ2v) is 10.4. The van der Waals surface area contributed by atoms with Gasteiger partial charge in [0.25, 0.3) is 5.56 Å². The zero-order chi connectivity index (χ0) is 26.3. The van der Waals surface area contributed by atoms with Gasteiger partial charge in [-0.2, -0.15) is 5.10 Å². The first-order valence-electron chi connectivity index (χ1n) is 13.0. The summed E-state index contributed by atoms with van der Waals surface area (Å²) in [6.07, 6.45) is 6.83. The topological polar surface area (TPSA) is 115 Å². The number of hydrogen-bond donors (Lipinski definition) is 1. The molecule has 1 amide bonds. The molecule has 4 aromatic rings. The maximum Gasteiger partial charge on any atom is 0.264 e. The van der Waals surface area contributed by atoms with Crippen LogP contribution in [0.3, 0.4) is 0 Å². The van der Waals surface area contributed by atoms with Crippen LogP contribution in [-0.4, -0.2) is 65.0 Å². The van der Waals surface area contributed by atoms with Gasteiger partial charge < -0.3 is 14.7 Å². The van der Waals surface area contributed by atoms with E-state index >= 15 is 0 Å². The summed E-state index contributed by atoms with van der Waals surface area (Å²) < 4.78 is 8.92. The summed E-state index contributed by atoms with van der Waals surface area (Å²) >= 11 is 0. The van der Waals surface area contributed by atoms with Crippen LogP contribution in [0.25, 0.3) is 16.7 Å². The van der Waals surface area contributed by atoms with E-state index in [1.165, 1.54) is 17.1 Å². The van der Waals surface area contributed by atoms with Gasteiger partial charge in [0.15, 0.2) is 5.65 Å². The van der Waals surface area contributed by atoms with E-state index in [9.17, 15) is 14.7 Å². The molecule has 0 radical (unpaired) electrons. The number of likely N-dealkylation sites (tertiary alicyclic amines) is 1. The lowest BCUT2D eigenvalue weighted by Crippen LogP contribution is -2.53. The van der Waals surface area contributed by atoms with Gasteiger partial charge in [-0.3, -0.25) is 14.2 Å². The summed E-state index contributed by atoms with van der Waals surface area (Å²) in [4.78, 5) is 36.7. The van der Waals surface area contributed by atoms with Crippen LogP contribution in [0.5, 0.6) is 5.88 Å². The molecule has 6 rings (SSSR count). The summed E-state index contributed by atoms with van der Waals surface area (Å²) in [7, 11) is 0. The molecule has 196 valence electrons. The first-order valence-corrected chi connectivity index (χ1v) is 13.0. The van der Waals surface area contributed by atoms with Crippen molar-refractivity contribution >= 4 is 16.9 Å². The van der Waals surface area contributed by atoms with Crippen molar-refractivity contribution in [1.29, 1.82) is 0 Å². The molecule has 2 aliphatic rings. The van der Waals surface area contributed by atoms with Gasteiger partial charge in [-0.25, -0.2) is 14.6 Å². The van der Waals surface area contributed by atoms with Gasteiger partial charge in [0.2, 0.25) is 11.8 Å². The summed E-state index contributed by atoms with van der Waals surface area (Å²) in [5.41, 5.74) is 1.11. The Morgan fingerprint density at radius 3 is 2.58 bits per heavy atom. The average Bonchev–Trinajstić information content (AvgIpc) is 3.34. The molecule has 0 spiro atoms. The van der Waals surface area contributed by atoms with Crippen molar-refractivity contribution in [3.8, 4) is 11.6 Å². The highest BCUT2D eigenvalue weighted by atomic mass is 16.5. The summed E-state index contributed by atoms with van der Waals surface area (Å²) in [6, 6.07) is 13.4. The number of amides is 1. The van der Waals surface area contributed by atoms with Crippen molar-refractivity contribution in [1.82, 2.24) is 29.2 Å². The van der Waals surface area contributed by atoms with Crippen LogP contribution in [-0.2, 0) is 11.3 Å². The van der Waals surface area contributed by atoms with E-state index in [0.29, 0.717) is 55.7 Å². The minimum atomic E-state index is -1.09. The van der Waals surface area contributed by atoms with E-state index < -0.39 is 5.60 Å². The van der Waals surface area contributed by atoms with Gasteiger partial charge in [0, 0.05) is 31.3 Å². The predicted octanol–water partition coefficient (Wildman–Crippen LogP) is 2.50. The van der Waals surface area contributed by atoms with Gasteiger partial charge in [-0.05, 0) is 50.8 Å². The number of rotatable bonds is 6. The molecule has 3 aromatic heterocycles. The Balaban J connectivity index is 1.07. The summed E-state index contributed by atoms with van der Waals surface area (Å²) in [5, 5.41) is 16.0. The van der Waals surface area contributed by atoms with Crippen LogP contribution < -0.4 is 10.3 Å². The summed E-state index contributed by atoms with van der Waals surface area (Å²) in [5.74, 6) is 0.628. The largest absolute Gasteiger partial charge is 0.474 e. The molecule has 2 fully saturated rings. The number of nitrogens with zero attached hydrogens (tertiary/aromatic N) is 6. The quantitative estimate of drug-likeness (QED) is 0.420. The number of hydrogen-bond acceptors (Lipinski definition) is 7. The van der Waals surface area contributed by atoms with Gasteiger partial charge in [0.05, 0.1) is 24.0 Å². The SMILES string of the molecule is Cc1ccc(-n2ncc3c(=O)n(CC4(O)CCN(C(=O)[C@H]5C[C@@H](Oc6ccccn6)C5)CC4)cnc32)cc1. The minimum Gasteiger partial charge on any atom is -0.474 e. The van der Waals surface area contributed by atoms with Crippen molar-refractivity contribution in [3.63, 3.8) is 0 Å². The fourth-order valence-corrected chi connectivity index (χ4v) is 5.26. The Bertz CT molecular complexity index is 1500. The fraction of sp³-hybridized carbons (Fsp3) is 0.393. The first-order chi connectivity index (χ1) is 18.4. The molecule has 10 heteroatoms. The van der Waals surface area contributed by atoms with E-state index in [1.807, 2.05) is 54.3 Å². The number of ether oxygens (including phenoxy) is 1. The van der Waals surface area contributed by atoms with Gasteiger partial charge >= 0.3 is 0 Å². The second-order valence-electron chi connectivity index (χ2n) is 10.4. The highest BCUT2D eigenvalue weighted by Crippen LogP contribution is 2.34. The van der Waals surface area contributed by atoms with Gasteiger partial charge in [-0.1, -0.05) is 23.8 Å². The third-order valence-corrected chi connectivity index (χ3v) is 7.67. The average molecular weight is 515 g/mol. The number of piperidine rings is 1. The molecule has 1 saturated heterocycles. The van der Waals surface area contributed by atoms with Crippen molar-refractivity contribution < 1.29 is 14.6 Å². The Morgan fingerprint density at radius 2 is 1.87 bits per heavy atom. The molecule has 0 unspecified atom stereocenters. The molecule has 0 bridgehead atoms. The van der Waals surface area contributed by atoms with E-state index in [4.69, 9.17) is 4.74 Å². The number of aryl methyl sites for hydroxylation is 1. The number of benzene rings is 1. The number of aliphatic hydroxyl groups is 1. The molecule has 1 N–H and O–H groups in total. The molecule has 10 nitrogen and oxygen atoms in total. The fourth-order valence-electron chi connectivity index (χ4n) is 5.26. The second kappa shape index (κ2) is 9.68. The van der Waals surface area contributed by atoms with Crippen molar-refractivity contribution in [3.05, 3.63) is 77.1 Å². The molecule has 1 aliphatic carbocycles. The minimum absolute atomic E-state index is 0.00484. The van der Waals surface area contributed by atoms with Crippen molar-refractivity contribution in [2.75, 3.05) is 13.1 Å². The van der Waals surface area contributed by atoms with E-state index in [2.05, 4.69) is 15.1 Å². The third kappa shape index (κ3) is 4.67. The van der Waals surface area contributed by atoms with Crippen LogP contribution in [0.4, 0.5) is 0 Å². The Kier molecular flexibility index (Phi) is 6.19. The van der Waals surface area contributed by atoms with E-state index in [1.54, 1.807) is 10.9 Å². The number of aromatic nitrogens is 5. The van der Waals surface area contributed by atoms with E-state index in [-0.39, 0.29) is 30.0 Å². The smallest absolute Gasteiger partial charge is 0.264 e. The highest BCUT2D eigenvalue weighted by Gasteiger charge is 2.41. The predicted molar refractivity (Wildman–Crippen MR) is 140 cm³/mol. The first kappa shape index (κ1) is 24.3. The normalized spacial score (nSPS) is 20.7. The molecule has 38 heavy (non-hydrogen) atoms. The standard InChI is InChI=1S/C28H30N6O4/c1-19-5-7-21(8-6-19)34-25-23(16-31-34)27(36)33(18-30-25)17-28(37)9-12-32(13-10-28)26(35)20-14-22(15-20)38-24-4-2-3-11-29-24/h2-8,11,16,18,20,22,37H,9-10,12-15,17H2,1H3/t20-,22+. The molecular formula is C28H30N6O4. The maximum atomic E-state index is 13.2. The lowest BCUT2D eigenvalue weighted by molar-refractivity contribution is -0.146. The molecular weight excluding hydrogens is 484 g/mol. The van der Waals surface area contributed by atoms with Crippen LogP contribution in [0.2, 0.25) is 0 Å². The third-order valence-electron chi connectivity index (χ3n) is 7.67. The molecule has 0 atom stereocenters. The Labute approximate surface area is 219 Å². The summed E-state index contributed by atoms with van der Waals surface area (Å²) in [6.45, 7) is 3.03. The van der Waals surface area contributed by atoms with Crippen LogP contribution in [0.1, 0.15) is 31.2 Å². The van der Waals surface area contributed by atoms with Gasteiger partial charge in [-0.15, -0.1) is 0 Å². The number of pyridine rings is 1. The number of fused-ring (bicyclic) bond motifs is 1. The van der Waals surface area contributed by atoms with Crippen LogP contribution >= 0.6 is 0 Å². The lowest BCUT2D eigenvalue weighted by atomic mass is 9.80. The van der Waals surface area contributed by atoms with Crippen molar-refractivity contribution in [2.45, 2.75) is 50.9 Å². The zero-order valence-electron chi connectivity index (χ0n) is 21.2. The van der Waals surface area contributed by atoms with E-state index in [0.717, 1.165) is 11.3 Å². The number of carbonyl (C=O) groups excluding carboxylic acids is 1. The van der Waals surface area contributed by atoms with Crippen molar-refractivity contribution in [2.24, 2.45) is 5.92 Å². The lowest BCUT2D eigenvalue weighted by Gasteiger charge is -2.42. The Morgan fingerprint density at radius 1 is 1.11 bits per heavy atom. The highest BCUT2D eigenvalue weighted by molar-refractivity contribution is 5.80. The molecule has 4 heterocycles. The van der Waals surface area contributed by atoms with Crippen LogP contribution in [0.15, 0.2) is 66.0 Å². The van der Waals surface area contributed by atoms with Crippen LogP contribution in [0, 0.1) is 12.8 Å². The zero-order valence-corrected chi connectivity index (χ0v) is 21.2. The Hall–Kier alpha value is -4.05. The molecule has 1 saturated carbocycles. The van der Waals surface area contributed by atoms with Gasteiger partial charge in [0.1, 0.15) is 17.8 Å². The monoisotopic (exact) mass is 514 g/mol.